The number of para-hydroxylation sites is 1. The Kier molecular flexibility index (Phi) is 8.43. The molecule has 1 aliphatic rings. The second kappa shape index (κ2) is 10.4. The standard InChI is InChI=1S/C17H21N3.C2H6/c1-3-5-10-15(8-4-2)19-20-17-13-12-14-9-6-7-11-16(14)18-17;1-2/h3-11,19H,12-13H2,1-2H3,(H,18,20);1-2H3/b5-3-,8-4-,15-10+;. The molecule has 1 heterocycles. The van der Waals surface area contributed by atoms with Crippen LogP contribution in [0.15, 0.2) is 65.3 Å². The van der Waals surface area contributed by atoms with E-state index in [2.05, 4.69) is 34.0 Å². The van der Waals surface area contributed by atoms with Crippen LogP contribution in [0.2, 0.25) is 0 Å². The summed E-state index contributed by atoms with van der Waals surface area (Å²) in [6.07, 6.45) is 12.0. The number of nitrogens with one attached hydrogen (secondary N) is 2. The lowest BCUT2D eigenvalue weighted by Gasteiger charge is -2.18. The fraction of sp³-hybridized carbons (Fsp3) is 0.316. The summed E-state index contributed by atoms with van der Waals surface area (Å²) < 4.78 is 0. The van der Waals surface area contributed by atoms with Gasteiger partial charge in [-0.2, -0.15) is 0 Å². The first-order valence-corrected chi connectivity index (χ1v) is 7.96. The maximum atomic E-state index is 4.63. The number of amidine groups is 1. The van der Waals surface area contributed by atoms with Gasteiger partial charge in [-0.15, -0.1) is 0 Å². The number of rotatable bonds is 4. The summed E-state index contributed by atoms with van der Waals surface area (Å²) >= 11 is 0. The Labute approximate surface area is 134 Å². The van der Waals surface area contributed by atoms with Crippen molar-refractivity contribution in [1.82, 2.24) is 10.9 Å². The number of allylic oxidation sites excluding steroid dienone is 5. The van der Waals surface area contributed by atoms with E-state index in [9.17, 15) is 0 Å². The molecule has 2 rings (SSSR count). The van der Waals surface area contributed by atoms with Gasteiger partial charge in [-0.25, -0.2) is 4.99 Å². The molecule has 0 bridgehead atoms. The number of aryl methyl sites for hydroxylation is 1. The zero-order chi connectivity index (χ0) is 16.2. The van der Waals surface area contributed by atoms with Crippen molar-refractivity contribution in [3.8, 4) is 0 Å². The van der Waals surface area contributed by atoms with Crippen molar-refractivity contribution in [1.29, 1.82) is 0 Å². The van der Waals surface area contributed by atoms with E-state index in [1.807, 2.05) is 64.1 Å². The van der Waals surface area contributed by atoms with Crippen LogP contribution in [-0.4, -0.2) is 5.84 Å². The minimum absolute atomic E-state index is 0.927. The van der Waals surface area contributed by atoms with Gasteiger partial charge in [0.25, 0.3) is 0 Å². The molecule has 0 radical (unpaired) electrons. The van der Waals surface area contributed by atoms with E-state index < -0.39 is 0 Å². The Morgan fingerprint density at radius 3 is 2.59 bits per heavy atom. The first-order chi connectivity index (χ1) is 10.8. The van der Waals surface area contributed by atoms with Gasteiger partial charge < -0.3 is 0 Å². The average Bonchev–Trinajstić information content (AvgIpc) is 2.59. The summed E-state index contributed by atoms with van der Waals surface area (Å²) in [5.41, 5.74) is 9.79. The molecule has 0 atom stereocenters. The van der Waals surface area contributed by atoms with Gasteiger partial charge in [-0.05, 0) is 44.1 Å². The molecule has 0 amide bonds. The van der Waals surface area contributed by atoms with Crippen LogP contribution in [0.25, 0.3) is 0 Å². The topological polar surface area (TPSA) is 36.4 Å². The van der Waals surface area contributed by atoms with Gasteiger partial charge in [0.2, 0.25) is 0 Å². The molecular formula is C19H27N3. The fourth-order valence-electron chi connectivity index (χ4n) is 2.04. The Morgan fingerprint density at radius 2 is 1.86 bits per heavy atom. The molecular weight excluding hydrogens is 270 g/mol. The molecule has 118 valence electrons. The number of aliphatic imine (C=N–C) groups is 1. The van der Waals surface area contributed by atoms with Crippen LogP contribution < -0.4 is 10.9 Å². The summed E-state index contributed by atoms with van der Waals surface area (Å²) in [6, 6.07) is 8.28. The van der Waals surface area contributed by atoms with Crippen LogP contribution in [0.1, 0.15) is 39.7 Å². The molecule has 3 nitrogen and oxygen atoms in total. The number of nitrogens with zero attached hydrogens (tertiary/aromatic N) is 1. The highest BCUT2D eigenvalue weighted by atomic mass is 15.4. The van der Waals surface area contributed by atoms with Crippen molar-refractivity contribution < 1.29 is 0 Å². The smallest absolute Gasteiger partial charge is 0.121 e. The molecule has 0 saturated carbocycles. The fourth-order valence-corrected chi connectivity index (χ4v) is 2.04. The summed E-state index contributed by atoms with van der Waals surface area (Å²) in [5, 5.41) is 0. The Balaban J connectivity index is 0.00000116. The van der Waals surface area contributed by atoms with Gasteiger partial charge in [0.1, 0.15) is 5.84 Å². The van der Waals surface area contributed by atoms with E-state index in [-0.39, 0.29) is 0 Å². The van der Waals surface area contributed by atoms with Crippen molar-refractivity contribution >= 4 is 11.5 Å². The zero-order valence-corrected chi connectivity index (χ0v) is 14.1. The zero-order valence-electron chi connectivity index (χ0n) is 14.1. The lowest BCUT2D eigenvalue weighted by atomic mass is 10.0. The summed E-state index contributed by atoms with van der Waals surface area (Å²) in [7, 11) is 0. The predicted octanol–water partition coefficient (Wildman–Crippen LogP) is 4.82. The molecule has 0 spiro atoms. The number of fused-ring (bicyclic) bond motifs is 1. The van der Waals surface area contributed by atoms with E-state index in [1.165, 1.54) is 5.56 Å². The van der Waals surface area contributed by atoms with Crippen LogP contribution in [0.3, 0.4) is 0 Å². The molecule has 22 heavy (non-hydrogen) atoms. The lowest BCUT2D eigenvalue weighted by Crippen LogP contribution is -2.37. The third kappa shape index (κ3) is 5.60. The van der Waals surface area contributed by atoms with Crippen molar-refractivity contribution in [3.63, 3.8) is 0 Å². The van der Waals surface area contributed by atoms with E-state index in [4.69, 9.17) is 0 Å². The highest BCUT2D eigenvalue weighted by Crippen LogP contribution is 2.24. The van der Waals surface area contributed by atoms with E-state index in [1.54, 1.807) is 0 Å². The third-order valence-corrected chi connectivity index (χ3v) is 3.04. The van der Waals surface area contributed by atoms with Crippen LogP contribution >= 0.6 is 0 Å². The summed E-state index contributed by atoms with van der Waals surface area (Å²) in [6.45, 7) is 8.00. The van der Waals surface area contributed by atoms with Gasteiger partial charge in [0, 0.05) is 6.42 Å². The molecule has 0 aromatic heterocycles. The molecule has 3 heteroatoms. The summed E-state index contributed by atoms with van der Waals surface area (Å²) in [5.74, 6) is 0.972. The molecule has 0 fully saturated rings. The predicted molar refractivity (Wildman–Crippen MR) is 97.2 cm³/mol. The SMILES string of the molecule is CC.C\C=C/C=C(\C=C/C)NNC1=Nc2ccccc2CC1. The number of hydrazine groups is 1. The minimum atomic E-state index is 0.927. The Hall–Kier alpha value is -2.29. The van der Waals surface area contributed by atoms with E-state index in [0.29, 0.717) is 0 Å². The Bertz CT molecular complexity index is 566. The van der Waals surface area contributed by atoms with Crippen molar-refractivity contribution in [2.75, 3.05) is 0 Å². The molecule has 1 aromatic rings. The maximum absolute atomic E-state index is 4.63. The van der Waals surface area contributed by atoms with E-state index >= 15 is 0 Å². The quantitative estimate of drug-likeness (QED) is 0.617. The molecule has 0 aliphatic carbocycles. The van der Waals surface area contributed by atoms with Gasteiger partial charge >= 0.3 is 0 Å². The van der Waals surface area contributed by atoms with Crippen LogP contribution in [0.4, 0.5) is 5.69 Å². The molecule has 2 N–H and O–H groups in total. The third-order valence-electron chi connectivity index (χ3n) is 3.04. The maximum Gasteiger partial charge on any atom is 0.121 e. The minimum Gasteiger partial charge on any atom is -0.300 e. The number of hydrogen-bond acceptors (Lipinski definition) is 3. The highest BCUT2D eigenvalue weighted by Gasteiger charge is 2.10. The van der Waals surface area contributed by atoms with Crippen LogP contribution in [0.5, 0.6) is 0 Å². The Morgan fingerprint density at radius 1 is 1.09 bits per heavy atom. The molecule has 0 saturated heterocycles. The number of hydrogen-bond donors (Lipinski definition) is 2. The van der Waals surface area contributed by atoms with Gasteiger partial charge in [-0.1, -0.05) is 50.3 Å². The number of benzene rings is 1. The molecule has 0 unspecified atom stereocenters. The second-order valence-electron chi connectivity index (χ2n) is 4.59. The van der Waals surface area contributed by atoms with E-state index in [0.717, 1.165) is 30.1 Å². The first kappa shape index (κ1) is 17.8. The molecule has 1 aromatic carbocycles. The van der Waals surface area contributed by atoms with Gasteiger partial charge in [0.15, 0.2) is 0 Å². The average molecular weight is 297 g/mol. The first-order valence-electron chi connectivity index (χ1n) is 7.96. The van der Waals surface area contributed by atoms with Crippen molar-refractivity contribution in [2.24, 2.45) is 4.99 Å². The largest absolute Gasteiger partial charge is 0.300 e. The monoisotopic (exact) mass is 297 g/mol. The van der Waals surface area contributed by atoms with Gasteiger partial charge in [-0.3, -0.25) is 10.9 Å². The normalized spacial score (nSPS) is 14.2. The van der Waals surface area contributed by atoms with Gasteiger partial charge in [0.05, 0.1) is 11.4 Å². The highest BCUT2D eigenvalue weighted by molar-refractivity contribution is 5.87. The van der Waals surface area contributed by atoms with Crippen LogP contribution in [0, 0.1) is 0 Å². The summed E-state index contributed by atoms with van der Waals surface area (Å²) in [4.78, 5) is 4.63. The van der Waals surface area contributed by atoms with Crippen LogP contribution in [-0.2, 0) is 6.42 Å². The second-order valence-corrected chi connectivity index (χ2v) is 4.59. The van der Waals surface area contributed by atoms with Crippen molar-refractivity contribution in [2.45, 2.75) is 40.5 Å². The van der Waals surface area contributed by atoms with Crippen molar-refractivity contribution in [3.05, 3.63) is 65.9 Å². The lowest BCUT2D eigenvalue weighted by molar-refractivity contribution is 0.756. The molecule has 1 aliphatic heterocycles.